The van der Waals surface area contributed by atoms with Crippen LogP contribution in [0.15, 0.2) is 30.5 Å². The number of carbonyl (C=O) groups excluding carboxylic acids is 1. The van der Waals surface area contributed by atoms with Crippen LogP contribution in [-0.4, -0.2) is 29.2 Å². The molecule has 0 spiro atoms. The molecule has 1 fully saturated rings. The van der Waals surface area contributed by atoms with Gasteiger partial charge in [0.25, 0.3) is 5.91 Å². The van der Waals surface area contributed by atoms with E-state index in [9.17, 15) is 4.79 Å². The van der Waals surface area contributed by atoms with Gasteiger partial charge in [-0.05, 0) is 33.8 Å². The zero-order valence-corrected chi connectivity index (χ0v) is 13.2. The lowest BCUT2D eigenvalue weighted by Gasteiger charge is -2.32. The van der Waals surface area contributed by atoms with Crippen LogP contribution >= 0.6 is 0 Å². The summed E-state index contributed by atoms with van der Waals surface area (Å²) in [6, 6.07) is 7.28. The summed E-state index contributed by atoms with van der Waals surface area (Å²) >= 11 is 0. The Morgan fingerprint density at radius 3 is 2.41 bits per heavy atom. The molecule has 2 heterocycles. The predicted octanol–water partition coefficient (Wildman–Crippen LogP) is 1.63. The van der Waals surface area contributed by atoms with Gasteiger partial charge in [-0.2, -0.15) is 0 Å². The van der Waals surface area contributed by atoms with Crippen LogP contribution in [0.1, 0.15) is 38.1 Å². The van der Waals surface area contributed by atoms with Gasteiger partial charge in [-0.3, -0.25) is 9.78 Å². The molecule has 0 atom stereocenters. The molecule has 0 radical (unpaired) electrons. The summed E-state index contributed by atoms with van der Waals surface area (Å²) in [5, 5.41) is 0.837. The molecule has 1 aliphatic heterocycles. The van der Waals surface area contributed by atoms with E-state index in [0.717, 1.165) is 10.8 Å². The van der Waals surface area contributed by atoms with E-state index in [4.69, 9.17) is 15.0 Å². The molecule has 1 amide bonds. The van der Waals surface area contributed by atoms with E-state index in [1.807, 2.05) is 39.8 Å². The molecule has 22 heavy (non-hydrogen) atoms. The molecule has 114 valence electrons. The Morgan fingerprint density at radius 1 is 1.18 bits per heavy atom. The van der Waals surface area contributed by atoms with Gasteiger partial charge in [-0.15, -0.1) is 0 Å². The molecular formula is C16H19BN2O3. The van der Waals surface area contributed by atoms with E-state index in [1.54, 1.807) is 18.3 Å². The van der Waals surface area contributed by atoms with Crippen molar-refractivity contribution < 1.29 is 14.1 Å². The SMILES string of the molecule is CC1(C)OB(c2cnc3c(C(N)=O)cccc3c2)OC1(C)C. The van der Waals surface area contributed by atoms with Gasteiger partial charge < -0.3 is 15.0 Å². The van der Waals surface area contributed by atoms with Crippen molar-refractivity contribution in [2.45, 2.75) is 38.9 Å². The lowest BCUT2D eigenvalue weighted by atomic mass is 9.79. The van der Waals surface area contributed by atoms with E-state index in [2.05, 4.69) is 4.98 Å². The van der Waals surface area contributed by atoms with E-state index < -0.39 is 24.2 Å². The molecule has 5 nitrogen and oxygen atoms in total. The first kappa shape index (κ1) is 15.0. The third kappa shape index (κ3) is 2.28. The highest BCUT2D eigenvalue weighted by Crippen LogP contribution is 2.36. The van der Waals surface area contributed by atoms with Crippen molar-refractivity contribution >= 4 is 29.4 Å². The molecule has 0 unspecified atom stereocenters. The smallest absolute Gasteiger partial charge is 0.399 e. The van der Waals surface area contributed by atoms with Crippen molar-refractivity contribution in [2.24, 2.45) is 5.73 Å². The minimum Gasteiger partial charge on any atom is -0.399 e. The Morgan fingerprint density at radius 2 is 1.82 bits per heavy atom. The highest BCUT2D eigenvalue weighted by atomic mass is 16.7. The summed E-state index contributed by atoms with van der Waals surface area (Å²) in [5.74, 6) is -0.485. The lowest BCUT2D eigenvalue weighted by Crippen LogP contribution is -2.41. The first-order chi connectivity index (χ1) is 10.2. The Kier molecular flexibility index (Phi) is 3.27. The maximum Gasteiger partial charge on any atom is 0.496 e. The van der Waals surface area contributed by atoms with Gasteiger partial charge in [0.05, 0.1) is 22.3 Å². The number of nitrogens with zero attached hydrogens (tertiary/aromatic N) is 1. The number of primary amides is 1. The number of hydrogen-bond donors (Lipinski definition) is 1. The predicted molar refractivity (Wildman–Crippen MR) is 86.0 cm³/mol. The number of fused-ring (bicyclic) bond motifs is 1. The summed E-state index contributed by atoms with van der Waals surface area (Å²) in [4.78, 5) is 15.8. The largest absolute Gasteiger partial charge is 0.496 e. The number of hydrogen-bond acceptors (Lipinski definition) is 4. The van der Waals surface area contributed by atoms with Crippen LogP contribution in [0, 0.1) is 0 Å². The van der Waals surface area contributed by atoms with Crippen LogP contribution in [0.5, 0.6) is 0 Å². The minimum atomic E-state index is -0.485. The maximum atomic E-state index is 11.5. The first-order valence-corrected chi connectivity index (χ1v) is 7.25. The summed E-state index contributed by atoms with van der Waals surface area (Å²) in [5.41, 5.74) is 6.41. The molecule has 1 aliphatic rings. The Balaban J connectivity index is 2.03. The molecule has 2 N–H and O–H groups in total. The number of benzene rings is 1. The molecule has 1 aromatic heterocycles. The van der Waals surface area contributed by atoms with Crippen molar-refractivity contribution in [3.63, 3.8) is 0 Å². The molecule has 0 bridgehead atoms. The summed E-state index contributed by atoms with van der Waals surface area (Å²) in [6.07, 6.45) is 1.68. The van der Waals surface area contributed by atoms with Crippen molar-refractivity contribution in [1.82, 2.24) is 4.98 Å². The fourth-order valence-corrected chi connectivity index (χ4v) is 2.48. The fraction of sp³-hybridized carbons (Fsp3) is 0.375. The Hall–Kier alpha value is -1.92. The topological polar surface area (TPSA) is 74.4 Å². The second kappa shape index (κ2) is 4.79. The van der Waals surface area contributed by atoms with Crippen molar-refractivity contribution in [3.8, 4) is 0 Å². The van der Waals surface area contributed by atoms with E-state index in [0.29, 0.717) is 11.1 Å². The molecule has 1 aromatic carbocycles. The van der Waals surface area contributed by atoms with Crippen LogP contribution in [0.4, 0.5) is 0 Å². The average molecular weight is 298 g/mol. The van der Waals surface area contributed by atoms with Gasteiger partial charge in [-0.25, -0.2) is 0 Å². The summed E-state index contributed by atoms with van der Waals surface area (Å²) in [6.45, 7) is 8.03. The number of carbonyl (C=O) groups is 1. The summed E-state index contributed by atoms with van der Waals surface area (Å²) in [7, 11) is -0.473. The first-order valence-electron chi connectivity index (χ1n) is 7.25. The van der Waals surface area contributed by atoms with Crippen LogP contribution in [0.25, 0.3) is 10.9 Å². The zero-order chi connectivity index (χ0) is 16.1. The summed E-state index contributed by atoms with van der Waals surface area (Å²) < 4.78 is 12.0. The van der Waals surface area contributed by atoms with E-state index >= 15 is 0 Å². The third-order valence-electron chi connectivity index (χ3n) is 4.52. The Bertz CT molecular complexity index is 742. The number of rotatable bonds is 2. The van der Waals surface area contributed by atoms with Crippen molar-refractivity contribution in [3.05, 3.63) is 36.0 Å². The minimum absolute atomic E-state index is 0.401. The molecule has 0 saturated carbocycles. The molecule has 6 heteroatoms. The lowest BCUT2D eigenvalue weighted by molar-refractivity contribution is 0.00578. The second-order valence-corrected chi connectivity index (χ2v) is 6.60. The number of aromatic nitrogens is 1. The average Bonchev–Trinajstić information content (AvgIpc) is 2.66. The monoisotopic (exact) mass is 298 g/mol. The van der Waals surface area contributed by atoms with Crippen LogP contribution in [0.2, 0.25) is 0 Å². The third-order valence-corrected chi connectivity index (χ3v) is 4.52. The number of nitrogens with two attached hydrogens (primary N) is 1. The van der Waals surface area contributed by atoms with Crippen LogP contribution in [-0.2, 0) is 9.31 Å². The standard InChI is InChI=1S/C16H19BN2O3/c1-15(2)16(3,4)22-17(21-15)11-8-10-6-5-7-12(14(18)20)13(10)19-9-11/h5-9H,1-4H3,(H2,18,20). The van der Waals surface area contributed by atoms with Gasteiger partial charge in [0.1, 0.15) is 0 Å². The normalized spacial score (nSPS) is 19.5. The highest BCUT2D eigenvalue weighted by molar-refractivity contribution is 6.62. The quantitative estimate of drug-likeness (QED) is 0.855. The van der Waals surface area contributed by atoms with Gasteiger partial charge >= 0.3 is 7.12 Å². The molecular weight excluding hydrogens is 279 g/mol. The second-order valence-electron chi connectivity index (χ2n) is 6.60. The molecule has 2 aromatic rings. The number of pyridine rings is 1. The zero-order valence-electron chi connectivity index (χ0n) is 13.2. The van der Waals surface area contributed by atoms with Gasteiger partial charge in [0.15, 0.2) is 0 Å². The van der Waals surface area contributed by atoms with Crippen molar-refractivity contribution in [2.75, 3.05) is 0 Å². The van der Waals surface area contributed by atoms with Gasteiger partial charge in [0.2, 0.25) is 0 Å². The Labute approximate surface area is 130 Å². The number of amides is 1. The van der Waals surface area contributed by atoms with Crippen molar-refractivity contribution in [1.29, 1.82) is 0 Å². The van der Waals surface area contributed by atoms with E-state index in [1.165, 1.54) is 0 Å². The molecule has 1 saturated heterocycles. The highest BCUT2D eigenvalue weighted by Gasteiger charge is 2.51. The van der Waals surface area contributed by atoms with Gasteiger partial charge in [-0.1, -0.05) is 18.2 Å². The van der Waals surface area contributed by atoms with Gasteiger partial charge in [0, 0.05) is 17.0 Å². The van der Waals surface area contributed by atoms with Crippen LogP contribution < -0.4 is 11.2 Å². The fourth-order valence-electron chi connectivity index (χ4n) is 2.48. The molecule has 3 rings (SSSR count). The molecule has 0 aliphatic carbocycles. The van der Waals surface area contributed by atoms with Crippen LogP contribution in [0.3, 0.4) is 0 Å². The number of para-hydroxylation sites is 1. The van der Waals surface area contributed by atoms with E-state index in [-0.39, 0.29) is 0 Å². The maximum absolute atomic E-state index is 11.5.